The monoisotopic (exact) mass is 280 g/mol. The molecule has 0 fully saturated rings. The molecule has 4 heteroatoms. The van der Waals surface area contributed by atoms with E-state index >= 15 is 0 Å². The molecule has 0 heterocycles. The molecule has 0 rings (SSSR count). The molecule has 0 aromatic carbocycles. The molecule has 0 saturated heterocycles. The molecule has 0 saturated carbocycles. The molecule has 0 aromatic heterocycles. The highest BCUT2D eigenvalue weighted by atomic mass is 16.0. The SMILES string of the molecule is CCCCCC[N+](C)(C)CC.CC[NH+](C)CC.[OH-].[OH-]. The van der Waals surface area contributed by atoms with E-state index in [1.54, 1.807) is 4.90 Å². The van der Waals surface area contributed by atoms with Crippen molar-refractivity contribution in [1.29, 1.82) is 0 Å². The molecule has 0 atom stereocenters. The Morgan fingerprint density at radius 2 is 1.26 bits per heavy atom. The van der Waals surface area contributed by atoms with Crippen LogP contribution in [0.3, 0.4) is 0 Å². The predicted octanol–water partition coefficient (Wildman–Crippen LogP) is 1.85. The fraction of sp³-hybridized carbons (Fsp3) is 1.00. The Balaban J connectivity index is -0.000000123. The Morgan fingerprint density at radius 3 is 1.53 bits per heavy atom. The zero-order valence-electron chi connectivity index (χ0n) is 14.5. The van der Waals surface area contributed by atoms with Crippen LogP contribution in [0.4, 0.5) is 0 Å². The van der Waals surface area contributed by atoms with Gasteiger partial charge in [-0.25, -0.2) is 0 Å². The number of nitrogens with one attached hydrogen (secondary N) is 1. The van der Waals surface area contributed by atoms with Gasteiger partial charge in [-0.15, -0.1) is 0 Å². The van der Waals surface area contributed by atoms with Crippen LogP contribution < -0.4 is 4.90 Å². The second-order valence-electron chi connectivity index (χ2n) is 5.70. The van der Waals surface area contributed by atoms with Gasteiger partial charge in [0, 0.05) is 0 Å². The van der Waals surface area contributed by atoms with Crippen molar-refractivity contribution in [3.05, 3.63) is 0 Å². The Labute approximate surface area is 122 Å². The quantitative estimate of drug-likeness (QED) is 0.545. The normalized spacial score (nSPS) is 10.1. The van der Waals surface area contributed by atoms with Gasteiger partial charge in [-0.3, -0.25) is 0 Å². The number of hydrogen-bond donors (Lipinski definition) is 1. The third-order valence-electron chi connectivity index (χ3n) is 3.68. The summed E-state index contributed by atoms with van der Waals surface area (Å²) in [6.07, 6.45) is 5.57. The highest BCUT2D eigenvalue weighted by Crippen LogP contribution is 2.04. The van der Waals surface area contributed by atoms with E-state index in [1.165, 1.54) is 56.3 Å². The maximum atomic E-state index is 2.31. The highest BCUT2D eigenvalue weighted by molar-refractivity contribution is 4.39. The van der Waals surface area contributed by atoms with Gasteiger partial charge in [-0.05, 0) is 33.6 Å². The Kier molecular flexibility index (Phi) is 25.6. The zero-order chi connectivity index (χ0) is 13.7. The van der Waals surface area contributed by atoms with Gasteiger partial charge in [0.05, 0.1) is 47.3 Å². The molecular weight excluding hydrogens is 240 g/mol. The zero-order valence-corrected chi connectivity index (χ0v) is 14.5. The maximum absolute atomic E-state index is 2.31. The molecular formula is C15H40N2O2. The molecule has 122 valence electrons. The molecule has 0 amide bonds. The first-order valence-corrected chi connectivity index (χ1v) is 7.56. The van der Waals surface area contributed by atoms with Crippen molar-refractivity contribution in [1.82, 2.24) is 0 Å². The second kappa shape index (κ2) is 17.8. The number of rotatable bonds is 8. The first-order chi connectivity index (χ1) is 7.93. The molecule has 0 aliphatic carbocycles. The molecule has 0 aromatic rings. The standard InChI is InChI=1S/C10H24N.C5H13N.2H2O/c1-5-7-8-9-10-11(3,4)6-2;1-4-6(3)5-2;;/h5-10H2,1-4H3;4-5H2,1-3H3;2*1H2/q+1;;;/p-1. The number of nitrogens with zero attached hydrogens (tertiary/aromatic N) is 1. The van der Waals surface area contributed by atoms with Crippen molar-refractivity contribution >= 4 is 0 Å². The van der Waals surface area contributed by atoms with E-state index in [0.29, 0.717) is 0 Å². The van der Waals surface area contributed by atoms with Gasteiger partial charge in [-0.2, -0.15) is 0 Å². The number of hydrogen-bond acceptors (Lipinski definition) is 2. The molecule has 3 N–H and O–H groups in total. The van der Waals surface area contributed by atoms with E-state index in [0.717, 1.165) is 0 Å². The Morgan fingerprint density at radius 1 is 0.789 bits per heavy atom. The summed E-state index contributed by atoms with van der Waals surface area (Å²) in [5, 5.41) is 0. The van der Waals surface area contributed by atoms with Crippen molar-refractivity contribution in [2.75, 3.05) is 47.3 Å². The van der Waals surface area contributed by atoms with E-state index in [-0.39, 0.29) is 11.0 Å². The van der Waals surface area contributed by atoms with E-state index in [4.69, 9.17) is 0 Å². The van der Waals surface area contributed by atoms with Crippen LogP contribution in [-0.2, 0) is 0 Å². The lowest BCUT2D eigenvalue weighted by Gasteiger charge is -2.28. The third-order valence-corrected chi connectivity index (χ3v) is 3.68. The van der Waals surface area contributed by atoms with Crippen molar-refractivity contribution in [3.8, 4) is 0 Å². The van der Waals surface area contributed by atoms with Gasteiger partial charge in [0.1, 0.15) is 0 Å². The largest absolute Gasteiger partial charge is 0.870 e. The second-order valence-corrected chi connectivity index (χ2v) is 5.70. The minimum absolute atomic E-state index is 0. The summed E-state index contributed by atoms with van der Waals surface area (Å²) in [7, 11) is 6.82. The van der Waals surface area contributed by atoms with E-state index in [9.17, 15) is 0 Å². The first kappa shape index (κ1) is 27.2. The number of unbranched alkanes of at least 4 members (excludes halogenated alkanes) is 3. The molecule has 0 radical (unpaired) electrons. The molecule has 19 heavy (non-hydrogen) atoms. The van der Waals surface area contributed by atoms with Gasteiger partial charge in [-0.1, -0.05) is 19.8 Å². The third kappa shape index (κ3) is 23.4. The van der Waals surface area contributed by atoms with E-state index in [2.05, 4.69) is 48.8 Å². The summed E-state index contributed by atoms with van der Waals surface area (Å²) < 4.78 is 1.18. The fourth-order valence-corrected chi connectivity index (χ4v) is 1.37. The fourth-order valence-electron chi connectivity index (χ4n) is 1.37. The lowest BCUT2D eigenvalue weighted by Crippen LogP contribution is -3.08. The predicted molar refractivity (Wildman–Crippen MR) is 83.5 cm³/mol. The first-order valence-electron chi connectivity index (χ1n) is 7.56. The van der Waals surface area contributed by atoms with E-state index in [1.807, 2.05) is 0 Å². The van der Waals surface area contributed by atoms with Crippen LogP contribution >= 0.6 is 0 Å². The van der Waals surface area contributed by atoms with Crippen LogP contribution in [0.25, 0.3) is 0 Å². The van der Waals surface area contributed by atoms with Crippen molar-refractivity contribution in [2.24, 2.45) is 0 Å². The Bertz CT molecular complexity index is 149. The van der Waals surface area contributed by atoms with Crippen LogP contribution in [0.1, 0.15) is 53.4 Å². The molecule has 0 bridgehead atoms. The minimum Gasteiger partial charge on any atom is -0.870 e. The van der Waals surface area contributed by atoms with Crippen molar-refractivity contribution in [3.63, 3.8) is 0 Å². The Hall–Kier alpha value is -0.160. The molecule has 0 aliphatic heterocycles. The maximum Gasteiger partial charge on any atom is 0.0782 e. The average molecular weight is 280 g/mol. The summed E-state index contributed by atoms with van der Waals surface area (Å²) in [6, 6.07) is 0. The van der Waals surface area contributed by atoms with Crippen LogP contribution in [0.5, 0.6) is 0 Å². The van der Waals surface area contributed by atoms with Gasteiger partial charge in [0.15, 0.2) is 0 Å². The lowest BCUT2D eigenvalue weighted by atomic mass is 10.2. The summed E-state index contributed by atoms with van der Waals surface area (Å²) in [5.41, 5.74) is 0. The summed E-state index contributed by atoms with van der Waals surface area (Å²) in [5.74, 6) is 0. The summed E-state index contributed by atoms with van der Waals surface area (Å²) in [6.45, 7) is 14.0. The van der Waals surface area contributed by atoms with E-state index < -0.39 is 0 Å². The minimum atomic E-state index is 0. The van der Waals surface area contributed by atoms with Crippen molar-refractivity contribution < 1.29 is 20.3 Å². The average Bonchev–Trinajstić information content (AvgIpc) is 2.34. The molecule has 0 spiro atoms. The van der Waals surface area contributed by atoms with Crippen LogP contribution in [-0.4, -0.2) is 62.8 Å². The molecule has 0 aliphatic rings. The van der Waals surface area contributed by atoms with Crippen LogP contribution in [0, 0.1) is 0 Å². The highest BCUT2D eigenvalue weighted by Gasteiger charge is 2.09. The summed E-state index contributed by atoms with van der Waals surface area (Å²) in [4.78, 5) is 1.59. The smallest absolute Gasteiger partial charge is 0.0782 e. The van der Waals surface area contributed by atoms with Gasteiger partial charge >= 0.3 is 0 Å². The van der Waals surface area contributed by atoms with Crippen LogP contribution in [0.2, 0.25) is 0 Å². The van der Waals surface area contributed by atoms with Gasteiger partial charge in [0.2, 0.25) is 0 Å². The van der Waals surface area contributed by atoms with Crippen LogP contribution in [0.15, 0.2) is 0 Å². The molecule has 4 nitrogen and oxygen atoms in total. The van der Waals surface area contributed by atoms with Crippen molar-refractivity contribution in [2.45, 2.75) is 53.4 Å². The number of quaternary nitrogens is 2. The lowest BCUT2D eigenvalue weighted by molar-refractivity contribution is -0.888. The van der Waals surface area contributed by atoms with Gasteiger partial charge in [0.25, 0.3) is 0 Å². The van der Waals surface area contributed by atoms with Gasteiger partial charge < -0.3 is 20.3 Å². The summed E-state index contributed by atoms with van der Waals surface area (Å²) >= 11 is 0. The molecule has 0 unspecified atom stereocenters. The topological polar surface area (TPSA) is 64.4 Å².